The molecule has 0 aliphatic carbocycles. The molecule has 1 aromatic carbocycles. The Morgan fingerprint density at radius 2 is 2.19 bits per heavy atom. The minimum Gasteiger partial charge on any atom is -0.366 e. The van der Waals surface area contributed by atoms with E-state index in [1.165, 1.54) is 0 Å². The van der Waals surface area contributed by atoms with E-state index in [9.17, 15) is 9.59 Å². The van der Waals surface area contributed by atoms with E-state index in [-0.39, 0.29) is 5.91 Å². The second kappa shape index (κ2) is 6.69. The molecule has 0 aliphatic heterocycles. The molecular weight excluding hydrogens is 268 g/mol. The highest BCUT2D eigenvalue weighted by Crippen LogP contribution is 2.04. The van der Waals surface area contributed by atoms with Crippen LogP contribution in [0.25, 0.3) is 0 Å². The quantitative estimate of drug-likeness (QED) is 0.830. The number of carbonyl (C=O) groups is 2. The van der Waals surface area contributed by atoms with Crippen molar-refractivity contribution in [3.63, 3.8) is 0 Å². The lowest BCUT2D eigenvalue weighted by Gasteiger charge is -2.06. The molecule has 0 radical (unpaired) electrons. The van der Waals surface area contributed by atoms with Gasteiger partial charge in [-0.2, -0.15) is 5.10 Å². The van der Waals surface area contributed by atoms with E-state index in [4.69, 9.17) is 5.73 Å². The first kappa shape index (κ1) is 14.8. The maximum absolute atomic E-state index is 11.8. The molecule has 3 N–H and O–H groups in total. The predicted molar refractivity (Wildman–Crippen MR) is 78.4 cm³/mol. The van der Waals surface area contributed by atoms with Crippen molar-refractivity contribution in [2.75, 3.05) is 0 Å². The van der Waals surface area contributed by atoms with Crippen molar-refractivity contribution in [2.24, 2.45) is 5.73 Å². The van der Waals surface area contributed by atoms with Crippen LogP contribution in [0.15, 0.2) is 36.7 Å². The van der Waals surface area contributed by atoms with Gasteiger partial charge in [-0.15, -0.1) is 0 Å². The maximum atomic E-state index is 11.8. The van der Waals surface area contributed by atoms with Gasteiger partial charge in [0.2, 0.25) is 11.8 Å². The van der Waals surface area contributed by atoms with Gasteiger partial charge in [0.15, 0.2) is 0 Å². The van der Waals surface area contributed by atoms with Crippen molar-refractivity contribution in [2.45, 2.75) is 26.4 Å². The molecule has 110 valence electrons. The van der Waals surface area contributed by atoms with Crippen molar-refractivity contribution >= 4 is 11.8 Å². The number of hydrogen-bond acceptors (Lipinski definition) is 3. The third-order valence-corrected chi connectivity index (χ3v) is 3.03. The van der Waals surface area contributed by atoms with Gasteiger partial charge in [-0.25, -0.2) is 0 Å². The van der Waals surface area contributed by atoms with Crippen LogP contribution < -0.4 is 11.1 Å². The average Bonchev–Trinajstić information content (AvgIpc) is 2.89. The van der Waals surface area contributed by atoms with Crippen LogP contribution in [0.4, 0.5) is 0 Å². The molecule has 0 atom stereocenters. The Labute approximate surface area is 122 Å². The molecule has 6 heteroatoms. The Morgan fingerprint density at radius 3 is 2.86 bits per heavy atom. The molecule has 2 amide bonds. The van der Waals surface area contributed by atoms with Crippen LogP contribution in [-0.2, 0) is 17.9 Å². The number of aryl methyl sites for hydroxylation is 2. The molecule has 2 aromatic rings. The van der Waals surface area contributed by atoms with Gasteiger partial charge in [0, 0.05) is 31.3 Å². The average molecular weight is 286 g/mol. The van der Waals surface area contributed by atoms with Crippen LogP contribution in [0.5, 0.6) is 0 Å². The van der Waals surface area contributed by atoms with Crippen LogP contribution in [0.2, 0.25) is 0 Å². The van der Waals surface area contributed by atoms with E-state index in [0.29, 0.717) is 25.1 Å². The Hall–Kier alpha value is -2.63. The smallest absolute Gasteiger partial charge is 0.248 e. The van der Waals surface area contributed by atoms with Gasteiger partial charge in [0.25, 0.3) is 0 Å². The molecule has 21 heavy (non-hydrogen) atoms. The first-order valence-electron chi connectivity index (χ1n) is 6.69. The molecule has 1 aromatic heterocycles. The zero-order chi connectivity index (χ0) is 15.2. The summed E-state index contributed by atoms with van der Waals surface area (Å²) in [6, 6.07) is 6.91. The van der Waals surface area contributed by atoms with Gasteiger partial charge >= 0.3 is 0 Å². The normalized spacial score (nSPS) is 10.3. The molecule has 6 nitrogen and oxygen atoms in total. The number of nitrogens with two attached hydrogens (primary N) is 1. The van der Waals surface area contributed by atoms with Gasteiger partial charge in [0.05, 0.1) is 6.20 Å². The predicted octanol–water partition coefficient (Wildman–Crippen LogP) is 0.997. The summed E-state index contributed by atoms with van der Waals surface area (Å²) in [6.45, 7) is 2.87. The van der Waals surface area contributed by atoms with Crippen LogP contribution in [0.3, 0.4) is 0 Å². The lowest BCUT2D eigenvalue weighted by atomic mass is 10.1. The van der Waals surface area contributed by atoms with Crippen LogP contribution in [-0.4, -0.2) is 21.6 Å². The molecule has 1 heterocycles. The highest BCUT2D eigenvalue weighted by Gasteiger charge is 2.05. The van der Waals surface area contributed by atoms with Crippen molar-refractivity contribution in [1.29, 1.82) is 0 Å². The summed E-state index contributed by atoms with van der Waals surface area (Å²) >= 11 is 0. The minimum atomic E-state index is -0.475. The highest BCUT2D eigenvalue weighted by molar-refractivity contribution is 5.92. The first-order valence-corrected chi connectivity index (χ1v) is 6.69. The summed E-state index contributed by atoms with van der Waals surface area (Å²) in [5.74, 6) is -0.537. The van der Waals surface area contributed by atoms with E-state index in [2.05, 4.69) is 10.4 Å². The lowest BCUT2D eigenvalue weighted by Crippen LogP contribution is -2.24. The fourth-order valence-corrected chi connectivity index (χ4v) is 1.93. The van der Waals surface area contributed by atoms with Gasteiger partial charge in [-0.3, -0.25) is 14.3 Å². The van der Waals surface area contributed by atoms with E-state index in [1.807, 2.05) is 19.2 Å². The molecule has 0 saturated carbocycles. The SMILES string of the molecule is Cc1cnn(CCC(=O)NCc2cccc(C(N)=O)c2)c1. The number of nitrogens with zero attached hydrogens (tertiary/aromatic N) is 2. The van der Waals surface area contributed by atoms with E-state index in [1.54, 1.807) is 29.1 Å². The molecule has 0 fully saturated rings. The Balaban J connectivity index is 1.81. The van der Waals surface area contributed by atoms with Crippen molar-refractivity contribution in [3.8, 4) is 0 Å². The van der Waals surface area contributed by atoms with Gasteiger partial charge in [-0.05, 0) is 30.2 Å². The first-order chi connectivity index (χ1) is 10.0. The number of rotatable bonds is 6. The third kappa shape index (κ3) is 4.45. The minimum absolute atomic E-state index is 0.0624. The number of aromatic nitrogens is 2. The number of nitrogens with one attached hydrogen (secondary N) is 1. The summed E-state index contributed by atoms with van der Waals surface area (Å²) in [5, 5.41) is 6.93. The molecule has 0 spiro atoms. The second-order valence-electron chi connectivity index (χ2n) is 4.87. The molecule has 0 aliphatic rings. The fourth-order valence-electron chi connectivity index (χ4n) is 1.93. The zero-order valence-corrected chi connectivity index (χ0v) is 11.9. The van der Waals surface area contributed by atoms with E-state index < -0.39 is 5.91 Å². The van der Waals surface area contributed by atoms with Gasteiger partial charge in [0.1, 0.15) is 0 Å². The van der Waals surface area contributed by atoms with Crippen LogP contribution in [0, 0.1) is 6.92 Å². The standard InChI is InChI=1S/C15H18N4O2/c1-11-8-18-19(10-11)6-5-14(20)17-9-12-3-2-4-13(7-12)15(16)21/h2-4,7-8,10H,5-6,9H2,1H3,(H2,16,21)(H,17,20). The molecule has 2 rings (SSSR count). The van der Waals surface area contributed by atoms with Gasteiger partial charge in [-0.1, -0.05) is 12.1 Å². The van der Waals surface area contributed by atoms with Gasteiger partial charge < -0.3 is 11.1 Å². The molecule has 0 saturated heterocycles. The fraction of sp³-hybridized carbons (Fsp3) is 0.267. The molecule has 0 unspecified atom stereocenters. The summed E-state index contributed by atoms with van der Waals surface area (Å²) in [6.07, 6.45) is 4.01. The van der Waals surface area contributed by atoms with E-state index in [0.717, 1.165) is 11.1 Å². The third-order valence-electron chi connectivity index (χ3n) is 3.03. The summed E-state index contributed by atoms with van der Waals surface area (Å²) in [4.78, 5) is 22.8. The number of benzene rings is 1. The maximum Gasteiger partial charge on any atom is 0.248 e. The summed E-state index contributed by atoms with van der Waals surface area (Å²) in [5.41, 5.74) is 7.57. The number of amides is 2. The van der Waals surface area contributed by atoms with E-state index >= 15 is 0 Å². The van der Waals surface area contributed by atoms with Crippen LogP contribution >= 0.6 is 0 Å². The number of hydrogen-bond donors (Lipinski definition) is 2. The van der Waals surface area contributed by atoms with Crippen molar-refractivity contribution in [3.05, 3.63) is 53.3 Å². The number of primary amides is 1. The summed E-state index contributed by atoms with van der Waals surface area (Å²) in [7, 11) is 0. The van der Waals surface area contributed by atoms with Crippen molar-refractivity contribution in [1.82, 2.24) is 15.1 Å². The second-order valence-corrected chi connectivity index (χ2v) is 4.87. The summed E-state index contributed by atoms with van der Waals surface area (Å²) < 4.78 is 1.74. The highest BCUT2D eigenvalue weighted by atomic mass is 16.1. The largest absolute Gasteiger partial charge is 0.366 e. The monoisotopic (exact) mass is 286 g/mol. The number of carbonyl (C=O) groups excluding carboxylic acids is 2. The zero-order valence-electron chi connectivity index (χ0n) is 11.9. The topological polar surface area (TPSA) is 90.0 Å². The Morgan fingerprint density at radius 1 is 1.38 bits per heavy atom. The Bertz CT molecular complexity index is 649. The molecule has 0 bridgehead atoms. The van der Waals surface area contributed by atoms with Crippen LogP contribution in [0.1, 0.15) is 27.9 Å². The van der Waals surface area contributed by atoms with Crippen molar-refractivity contribution < 1.29 is 9.59 Å². The molecular formula is C15H18N4O2. The lowest BCUT2D eigenvalue weighted by molar-refractivity contribution is -0.121. The Kier molecular flexibility index (Phi) is 4.71.